The Labute approximate surface area is 173 Å². The van der Waals surface area contributed by atoms with Crippen molar-refractivity contribution in [1.82, 2.24) is 10.6 Å². The first kappa shape index (κ1) is 25.1. The number of amides is 2. The molecule has 1 aromatic carbocycles. The van der Waals surface area contributed by atoms with Crippen molar-refractivity contribution in [1.29, 1.82) is 0 Å². The predicted octanol–water partition coefficient (Wildman–Crippen LogP) is 0.302. The Kier molecular flexibility index (Phi) is 13.8. The van der Waals surface area contributed by atoms with Crippen LogP contribution in [0, 0.1) is 0 Å². The van der Waals surface area contributed by atoms with Gasteiger partial charge >= 0.3 is 0 Å². The minimum atomic E-state index is -0.347. The third-order valence-corrected chi connectivity index (χ3v) is 3.65. The zero-order valence-electron chi connectivity index (χ0n) is 16.7. The maximum Gasteiger partial charge on any atom is 0.250 e. The largest absolute Gasteiger partial charge is 0.378 e. The lowest BCUT2D eigenvalue weighted by Crippen LogP contribution is -2.28. The number of nitrogens with one attached hydrogen (secondary N) is 3. The van der Waals surface area contributed by atoms with Crippen LogP contribution in [0.1, 0.15) is 12.5 Å². The van der Waals surface area contributed by atoms with Gasteiger partial charge in [0.15, 0.2) is 5.52 Å². The molecule has 0 aromatic heterocycles. The molecular formula is C19H30N3O6P. The summed E-state index contributed by atoms with van der Waals surface area (Å²) in [6, 6.07) is 7.03. The normalized spacial score (nSPS) is 10.6. The Balaban J connectivity index is 2.14. The number of hydrogen-bond donors (Lipinski definition) is 3. The highest BCUT2D eigenvalue weighted by atomic mass is 31.0. The molecule has 3 N–H and O–H groups in total. The minimum absolute atomic E-state index is 0.0243. The molecule has 1 atom stereocenters. The predicted molar refractivity (Wildman–Crippen MR) is 113 cm³/mol. The van der Waals surface area contributed by atoms with Gasteiger partial charge in [0.25, 0.3) is 0 Å². The van der Waals surface area contributed by atoms with Crippen LogP contribution < -0.4 is 16.0 Å². The first-order chi connectivity index (χ1) is 14.0. The molecule has 0 aliphatic heterocycles. The van der Waals surface area contributed by atoms with Gasteiger partial charge in [-0.2, -0.15) is 0 Å². The number of benzene rings is 1. The van der Waals surface area contributed by atoms with E-state index in [9.17, 15) is 14.4 Å². The smallest absolute Gasteiger partial charge is 0.250 e. The molecule has 1 aromatic rings. The molecule has 0 radical (unpaired) electrons. The van der Waals surface area contributed by atoms with E-state index in [1.54, 1.807) is 24.3 Å². The van der Waals surface area contributed by atoms with Crippen LogP contribution in [0.15, 0.2) is 24.3 Å². The molecule has 1 unspecified atom stereocenters. The van der Waals surface area contributed by atoms with Crippen LogP contribution in [0.4, 0.5) is 5.69 Å². The van der Waals surface area contributed by atoms with E-state index in [0.29, 0.717) is 32.1 Å². The Morgan fingerprint density at radius 1 is 0.897 bits per heavy atom. The van der Waals surface area contributed by atoms with Gasteiger partial charge in [0.05, 0.1) is 19.8 Å². The molecular weight excluding hydrogens is 397 g/mol. The molecule has 29 heavy (non-hydrogen) atoms. The van der Waals surface area contributed by atoms with Crippen molar-refractivity contribution < 1.29 is 28.6 Å². The lowest BCUT2D eigenvalue weighted by Gasteiger charge is -2.09. The Morgan fingerprint density at radius 3 is 2.28 bits per heavy atom. The van der Waals surface area contributed by atoms with Gasteiger partial charge in [-0.3, -0.25) is 14.4 Å². The number of anilines is 1. The highest BCUT2D eigenvalue weighted by Crippen LogP contribution is 2.09. The number of carbonyl (C=O) groups excluding carboxylic acids is 3. The van der Waals surface area contributed by atoms with Crippen LogP contribution in [-0.4, -0.2) is 70.1 Å². The second-order valence-corrected chi connectivity index (χ2v) is 6.64. The molecule has 0 heterocycles. The third-order valence-electron chi connectivity index (χ3n) is 3.48. The number of hydrogen-bond acceptors (Lipinski definition) is 7. The summed E-state index contributed by atoms with van der Waals surface area (Å²) in [6.45, 7) is 5.18. The molecule has 0 fully saturated rings. The standard InChI is InChI=1S/C19H30N3O6P/c1-2-20-7-8-26-9-10-27-12-17(23)21-11-15-3-5-16(6-4-15)22-18(24)13-28-14-19(25)29/h3-6,20H,2,7-14,29H2,1H3,(H,21,23)(H,22,24). The van der Waals surface area contributed by atoms with Crippen molar-refractivity contribution in [2.75, 3.05) is 58.0 Å². The fourth-order valence-electron chi connectivity index (χ4n) is 2.10. The molecule has 0 saturated heterocycles. The van der Waals surface area contributed by atoms with E-state index in [1.165, 1.54) is 0 Å². The molecule has 0 spiro atoms. The Morgan fingerprint density at radius 2 is 1.59 bits per heavy atom. The van der Waals surface area contributed by atoms with Gasteiger partial charge in [0.2, 0.25) is 11.8 Å². The van der Waals surface area contributed by atoms with Crippen molar-refractivity contribution in [3.8, 4) is 0 Å². The fraction of sp³-hybridized carbons (Fsp3) is 0.526. The van der Waals surface area contributed by atoms with E-state index in [0.717, 1.165) is 18.7 Å². The summed E-state index contributed by atoms with van der Waals surface area (Å²) >= 11 is 0. The second-order valence-electron chi connectivity index (χ2n) is 6.00. The molecule has 10 heteroatoms. The van der Waals surface area contributed by atoms with Gasteiger partial charge in [0, 0.05) is 18.8 Å². The molecule has 0 saturated carbocycles. The van der Waals surface area contributed by atoms with E-state index in [2.05, 4.69) is 16.0 Å². The monoisotopic (exact) mass is 427 g/mol. The fourth-order valence-corrected chi connectivity index (χ4v) is 2.22. The quantitative estimate of drug-likeness (QED) is 0.257. The van der Waals surface area contributed by atoms with Crippen molar-refractivity contribution in [2.45, 2.75) is 13.5 Å². The van der Waals surface area contributed by atoms with Crippen molar-refractivity contribution >= 4 is 32.3 Å². The van der Waals surface area contributed by atoms with Crippen LogP contribution in [0.25, 0.3) is 0 Å². The molecule has 0 bridgehead atoms. The Hall–Kier alpha value is -1.90. The summed E-state index contributed by atoms with van der Waals surface area (Å²) in [4.78, 5) is 34.2. The minimum Gasteiger partial charge on any atom is -0.378 e. The Bertz CT molecular complexity index is 627. The summed E-state index contributed by atoms with van der Waals surface area (Å²) in [5, 5.41) is 8.56. The van der Waals surface area contributed by atoms with E-state index in [-0.39, 0.29) is 37.2 Å². The SMILES string of the molecule is CCNCCOCCOCC(=O)NCc1ccc(NC(=O)COCC(=O)P)cc1. The van der Waals surface area contributed by atoms with Crippen LogP contribution >= 0.6 is 9.24 Å². The summed E-state index contributed by atoms with van der Waals surface area (Å²) in [5.74, 6) is -0.559. The van der Waals surface area contributed by atoms with Crippen LogP contribution in [0.3, 0.4) is 0 Å². The number of ether oxygens (including phenoxy) is 3. The number of rotatable bonds is 16. The van der Waals surface area contributed by atoms with Crippen molar-refractivity contribution in [3.05, 3.63) is 29.8 Å². The second kappa shape index (κ2) is 16.0. The van der Waals surface area contributed by atoms with Gasteiger partial charge < -0.3 is 30.2 Å². The summed E-state index contributed by atoms with van der Waals surface area (Å²) in [7, 11) is 1.98. The third kappa shape index (κ3) is 13.8. The summed E-state index contributed by atoms with van der Waals surface area (Å²) in [5.41, 5.74) is 1.26. The topological polar surface area (TPSA) is 115 Å². The molecule has 162 valence electrons. The van der Waals surface area contributed by atoms with E-state index in [4.69, 9.17) is 14.2 Å². The molecule has 0 aliphatic rings. The lowest BCUT2D eigenvalue weighted by molar-refractivity contribution is -0.126. The van der Waals surface area contributed by atoms with Crippen LogP contribution in [0.2, 0.25) is 0 Å². The van der Waals surface area contributed by atoms with Gasteiger partial charge in [-0.15, -0.1) is 0 Å². The molecule has 2 amide bonds. The van der Waals surface area contributed by atoms with Crippen molar-refractivity contribution in [3.63, 3.8) is 0 Å². The zero-order chi connectivity index (χ0) is 21.3. The highest BCUT2D eigenvalue weighted by molar-refractivity contribution is 7.40. The average molecular weight is 427 g/mol. The number of likely N-dealkylation sites (N-methyl/N-ethyl adjacent to an activating group) is 1. The number of carbonyl (C=O) groups is 3. The maximum atomic E-state index is 11.8. The van der Waals surface area contributed by atoms with Gasteiger partial charge in [0.1, 0.15) is 19.8 Å². The summed E-state index contributed by atoms with van der Waals surface area (Å²) in [6.07, 6.45) is 0. The highest BCUT2D eigenvalue weighted by Gasteiger charge is 2.05. The molecule has 9 nitrogen and oxygen atoms in total. The summed E-state index contributed by atoms with van der Waals surface area (Å²) < 4.78 is 15.5. The van der Waals surface area contributed by atoms with E-state index in [1.807, 2.05) is 16.2 Å². The first-order valence-corrected chi connectivity index (χ1v) is 9.96. The maximum absolute atomic E-state index is 11.8. The average Bonchev–Trinajstić information content (AvgIpc) is 2.69. The van der Waals surface area contributed by atoms with E-state index < -0.39 is 0 Å². The van der Waals surface area contributed by atoms with Gasteiger partial charge in [-0.05, 0) is 24.2 Å². The van der Waals surface area contributed by atoms with Crippen LogP contribution in [0.5, 0.6) is 0 Å². The lowest BCUT2D eigenvalue weighted by atomic mass is 10.2. The molecule has 1 rings (SSSR count). The zero-order valence-corrected chi connectivity index (χ0v) is 17.9. The molecule has 0 aliphatic carbocycles. The van der Waals surface area contributed by atoms with Crippen LogP contribution in [-0.2, 0) is 35.1 Å². The van der Waals surface area contributed by atoms with Gasteiger partial charge in [-0.25, -0.2) is 0 Å². The van der Waals surface area contributed by atoms with Crippen molar-refractivity contribution in [2.24, 2.45) is 0 Å². The first-order valence-electron chi connectivity index (χ1n) is 9.39. The van der Waals surface area contributed by atoms with Gasteiger partial charge in [-0.1, -0.05) is 28.3 Å². The van der Waals surface area contributed by atoms with E-state index >= 15 is 0 Å².